The lowest BCUT2D eigenvalue weighted by Gasteiger charge is -2.11. The highest BCUT2D eigenvalue weighted by atomic mass is 35.5. The summed E-state index contributed by atoms with van der Waals surface area (Å²) in [5.41, 5.74) is 7.33. The Balaban J connectivity index is 1.98. The standard InChI is InChI=1S/C15H17ClN8O2/c1-7(17)6-18-15-20-12(11-13(21-15)24(2)23-22-11)19-8-3-4-9(14(25)26)10(16)5-8/h3-5,7H,6,17H2,1-2H3,(H,25,26)(H2,18,19,20,21). The van der Waals surface area contributed by atoms with E-state index in [1.807, 2.05) is 6.92 Å². The molecule has 136 valence electrons. The molecule has 0 saturated heterocycles. The Bertz CT molecular complexity index is 972. The fourth-order valence-corrected chi connectivity index (χ4v) is 2.50. The van der Waals surface area contributed by atoms with Crippen LogP contribution >= 0.6 is 11.6 Å². The normalized spacial score (nSPS) is 12.2. The van der Waals surface area contributed by atoms with Crippen molar-refractivity contribution < 1.29 is 9.90 Å². The molecule has 5 N–H and O–H groups in total. The fraction of sp³-hybridized carbons (Fsp3) is 0.267. The first kappa shape index (κ1) is 17.8. The molecule has 2 aromatic heterocycles. The van der Waals surface area contributed by atoms with Gasteiger partial charge in [-0.15, -0.1) is 5.10 Å². The lowest BCUT2D eigenvalue weighted by molar-refractivity contribution is 0.0697. The molecule has 10 nitrogen and oxygen atoms in total. The van der Waals surface area contributed by atoms with Gasteiger partial charge in [-0.1, -0.05) is 16.8 Å². The van der Waals surface area contributed by atoms with Gasteiger partial charge in [0.05, 0.1) is 10.6 Å². The number of nitrogens with two attached hydrogens (primary N) is 1. The highest BCUT2D eigenvalue weighted by molar-refractivity contribution is 6.33. The fourth-order valence-electron chi connectivity index (χ4n) is 2.24. The number of halogens is 1. The molecular weight excluding hydrogens is 360 g/mol. The summed E-state index contributed by atoms with van der Waals surface area (Å²) in [7, 11) is 1.72. The summed E-state index contributed by atoms with van der Waals surface area (Å²) in [5.74, 6) is -0.312. The van der Waals surface area contributed by atoms with E-state index in [1.54, 1.807) is 13.1 Å². The largest absolute Gasteiger partial charge is 0.478 e. The summed E-state index contributed by atoms with van der Waals surface area (Å²) in [6.07, 6.45) is 0. The number of fused-ring (bicyclic) bond motifs is 1. The zero-order chi connectivity index (χ0) is 18.8. The van der Waals surface area contributed by atoms with Crippen LogP contribution in [0.25, 0.3) is 11.2 Å². The summed E-state index contributed by atoms with van der Waals surface area (Å²) >= 11 is 6.02. The molecule has 0 fully saturated rings. The van der Waals surface area contributed by atoms with Crippen molar-refractivity contribution in [3.05, 3.63) is 28.8 Å². The number of carboxylic acid groups (broad SMARTS) is 1. The minimum absolute atomic E-state index is 0.0174. The lowest BCUT2D eigenvalue weighted by atomic mass is 10.2. The summed E-state index contributed by atoms with van der Waals surface area (Å²) in [4.78, 5) is 19.9. The number of nitrogens with one attached hydrogen (secondary N) is 2. The predicted octanol–water partition coefficient (Wildman–Crippen LogP) is 1.61. The van der Waals surface area contributed by atoms with Crippen molar-refractivity contribution in [2.45, 2.75) is 13.0 Å². The average Bonchev–Trinajstić information content (AvgIpc) is 2.94. The van der Waals surface area contributed by atoms with Crippen molar-refractivity contribution in [1.29, 1.82) is 0 Å². The van der Waals surface area contributed by atoms with Gasteiger partial charge in [0.2, 0.25) is 5.95 Å². The number of carbonyl (C=O) groups is 1. The molecule has 0 aliphatic heterocycles. The molecule has 0 spiro atoms. The predicted molar refractivity (Wildman–Crippen MR) is 97.9 cm³/mol. The number of benzene rings is 1. The van der Waals surface area contributed by atoms with Gasteiger partial charge in [-0.2, -0.15) is 9.97 Å². The maximum Gasteiger partial charge on any atom is 0.337 e. The van der Waals surface area contributed by atoms with Gasteiger partial charge in [0, 0.05) is 25.3 Å². The molecule has 2 heterocycles. The van der Waals surface area contributed by atoms with Gasteiger partial charge in [0.1, 0.15) is 0 Å². The van der Waals surface area contributed by atoms with Crippen LogP contribution in [0, 0.1) is 0 Å². The van der Waals surface area contributed by atoms with Gasteiger partial charge in [-0.25, -0.2) is 9.48 Å². The topological polar surface area (TPSA) is 144 Å². The van der Waals surface area contributed by atoms with Gasteiger partial charge >= 0.3 is 5.97 Å². The number of aromatic carboxylic acids is 1. The Labute approximate surface area is 153 Å². The average molecular weight is 377 g/mol. The third-order valence-electron chi connectivity index (χ3n) is 3.50. The van der Waals surface area contributed by atoms with Crippen molar-refractivity contribution >= 4 is 46.2 Å². The molecule has 0 aliphatic carbocycles. The Morgan fingerprint density at radius 1 is 1.42 bits per heavy atom. The zero-order valence-electron chi connectivity index (χ0n) is 14.1. The molecule has 1 aromatic carbocycles. The quantitative estimate of drug-likeness (QED) is 0.504. The first-order chi connectivity index (χ1) is 12.3. The summed E-state index contributed by atoms with van der Waals surface area (Å²) in [6.45, 7) is 2.36. The summed E-state index contributed by atoms with van der Waals surface area (Å²) < 4.78 is 1.53. The van der Waals surface area contributed by atoms with Crippen LogP contribution < -0.4 is 16.4 Å². The molecule has 0 aliphatic rings. The number of carboxylic acids is 1. The Hall–Kier alpha value is -2.98. The molecule has 0 amide bonds. The minimum Gasteiger partial charge on any atom is -0.478 e. The van der Waals surface area contributed by atoms with Crippen molar-refractivity contribution in [3.63, 3.8) is 0 Å². The van der Waals surface area contributed by atoms with Crippen molar-refractivity contribution in [1.82, 2.24) is 25.0 Å². The Kier molecular flexibility index (Phi) is 4.87. The van der Waals surface area contributed by atoms with Crippen LogP contribution in [0.4, 0.5) is 17.5 Å². The van der Waals surface area contributed by atoms with Crippen LogP contribution in [0.5, 0.6) is 0 Å². The Morgan fingerprint density at radius 3 is 2.85 bits per heavy atom. The van der Waals surface area contributed by atoms with E-state index in [2.05, 4.69) is 30.9 Å². The highest BCUT2D eigenvalue weighted by Crippen LogP contribution is 2.26. The van der Waals surface area contributed by atoms with Crippen LogP contribution in [0.15, 0.2) is 18.2 Å². The van der Waals surface area contributed by atoms with Crippen molar-refractivity contribution in [2.24, 2.45) is 12.8 Å². The second-order valence-electron chi connectivity index (χ2n) is 5.76. The number of aryl methyl sites for hydroxylation is 1. The molecule has 0 radical (unpaired) electrons. The molecule has 0 saturated carbocycles. The van der Waals surface area contributed by atoms with Crippen LogP contribution in [-0.2, 0) is 7.05 Å². The van der Waals surface area contributed by atoms with E-state index in [9.17, 15) is 4.79 Å². The smallest absolute Gasteiger partial charge is 0.337 e. The second-order valence-corrected chi connectivity index (χ2v) is 6.17. The first-order valence-electron chi connectivity index (χ1n) is 7.72. The summed E-state index contributed by atoms with van der Waals surface area (Å²) in [6, 6.07) is 4.44. The number of aromatic nitrogens is 5. The molecule has 0 bridgehead atoms. The van der Waals surface area contributed by atoms with Crippen LogP contribution in [0.3, 0.4) is 0 Å². The molecule has 3 aromatic rings. The van der Waals surface area contributed by atoms with Gasteiger partial charge in [-0.3, -0.25) is 0 Å². The third kappa shape index (κ3) is 3.65. The van der Waals surface area contributed by atoms with E-state index in [1.165, 1.54) is 16.8 Å². The first-order valence-corrected chi connectivity index (χ1v) is 8.09. The van der Waals surface area contributed by atoms with Crippen LogP contribution in [0.1, 0.15) is 17.3 Å². The van der Waals surface area contributed by atoms with E-state index in [0.29, 0.717) is 35.2 Å². The maximum atomic E-state index is 11.1. The number of anilines is 3. The van der Waals surface area contributed by atoms with Crippen molar-refractivity contribution in [3.8, 4) is 0 Å². The van der Waals surface area contributed by atoms with Gasteiger partial charge in [0.25, 0.3) is 0 Å². The molecular formula is C15H17ClN8O2. The molecule has 1 unspecified atom stereocenters. The number of nitrogens with zero attached hydrogens (tertiary/aromatic N) is 5. The third-order valence-corrected chi connectivity index (χ3v) is 3.81. The number of rotatable bonds is 6. The summed E-state index contributed by atoms with van der Waals surface area (Å²) in [5, 5.41) is 23.3. The highest BCUT2D eigenvalue weighted by Gasteiger charge is 2.15. The van der Waals surface area contributed by atoms with Crippen LogP contribution in [0.2, 0.25) is 5.02 Å². The van der Waals surface area contributed by atoms with Gasteiger partial charge in [0.15, 0.2) is 17.0 Å². The van der Waals surface area contributed by atoms with E-state index in [0.717, 1.165) is 0 Å². The number of hydrogen-bond donors (Lipinski definition) is 4. The van der Waals surface area contributed by atoms with Gasteiger partial charge < -0.3 is 21.5 Å². The molecule has 11 heteroatoms. The Morgan fingerprint density at radius 2 is 2.19 bits per heavy atom. The van der Waals surface area contributed by atoms with Gasteiger partial charge in [-0.05, 0) is 25.1 Å². The van der Waals surface area contributed by atoms with E-state index in [4.69, 9.17) is 22.4 Å². The lowest BCUT2D eigenvalue weighted by Crippen LogP contribution is -2.26. The van der Waals surface area contributed by atoms with E-state index in [-0.39, 0.29) is 16.6 Å². The van der Waals surface area contributed by atoms with E-state index < -0.39 is 5.97 Å². The minimum atomic E-state index is -1.10. The van der Waals surface area contributed by atoms with Crippen molar-refractivity contribution in [2.75, 3.05) is 17.2 Å². The monoisotopic (exact) mass is 376 g/mol. The second kappa shape index (κ2) is 7.10. The molecule has 1 atom stereocenters. The number of hydrogen-bond acceptors (Lipinski definition) is 8. The van der Waals surface area contributed by atoms with Crippen LogP contribution in [-0.4, -0.2) is 48.6 Å². The zero-order valence-corrected chi connectivity index (χ0v) is 14.8. The maximum absolute atomic E-state index is 11.1. The molecule has 26 heavy (non-hydrogen) atoms. The van der Waals surface area contributed by atoms with E-state index >= 15 is 0 Å². The molecule has 3 rings (SSSR count). The SMILES string of the molecule is CC(N)CNc1nc(Nc2ccc(C(=O)O)c(Cl)c2)c2nnn(C)c2n1.